The van der Waals surface area contributed by atoms with Crippen molar-refractivity contribution in [3.05, 3.63) is 70.6 Å². The van der Waals surface area contributed by atoms with Gasteiger partial charge in [0.25, 0.3) is 11.8 Å². The number of fused-ring (bicyclic) bond motifs is 1. The minimum absolute atomic E-state index is 0.158. The van der Waals surface area contributed by atoms with Crippen LogP contribution < -0.4 is 20.1 Å². The molecule has 1 aromatic heterocycles. The van der Waals surface area contributed by atoms with Gasteiger partial charge in [0.15, 0.2) is 11.9 Å². The molecule has 1 atom stereocenters. The van der Waals surface area contributed by atoms with Crippen molar-refractivity contribution in [3.8, 4) is 11.5 Å². The van der Waals surface area contributed by atoms with Crippen molar-refractivity contribution in [2.24, 2.45) is 0 Å². The van der Waals surface area contributed by atoms with Gasteiger partial charge in [-0.15, -0.1) is 0 Å². The molecule has 1 aliphatic rings. The Labute approximate surface area is 175 Å². The second kappa shape index (κ2) is 8.00. The summed E-state index contributed by atoms with van der Waals surface area (Å²) < 4.78 is 17.7. The minimum Gasteiger partial charge on any atom is -0.486 e. The van der Waals surface area contributed by atoms with E-state index in [0.29, 0.717) is 28.6 Å². The Hall–Kier alpha value is -3.26. The molecule has 7 nitrogen and oxygen atoms in total. The lowest BCUT2D eigenvalue weighted by Gasteiger charge is -2.23. The van der Waals surface area contributed by atoms with Crippen molar-refractivity contribution in [2.75, 3.05) is 10.6 Å². The monoisotopic (exact) mass is 456 g/mol. The van der Waals surface area contributed by atoms with Crippen molar-refractivity contribution in [1.29, 1.82) is 0 Å². The van der Waals surface area contributed by atoms with Crippen LogP contribution in [0.25, 0.3) is 0 Å². The molecule has 1 unspecified atom stereocenters. The van der Waals surface area contributed by atoms with Gasteiger partial charge in [-0.25, -0.2) is 0 Å². The largest absolute Gasteiger partial charge is 0.486 e. The molecule has 8 heteroatoms. The Morgan fingerprint density at radius 2 is 1.97 bits per heavy atom. The lowest BCUT2D eigenvalue weighted by Crippen LogP contribution is -2.34. The van der Waals surface area contributed by atoms with E-state index >= 15 is 0 Å². The van der Waals surface area contributed by atoms with Crippen LogP contribution >= 0.6 is 15.9 Å². The minimum atomic E-state index is -0.552. The molecule has 4 rings (SSSR count). The molecule has 2 N–H and O–H groups in total. The smallest absolute Gasteiger partial charge is 0.291 e. The summed E-state index contributed by atoms with van der Waals surface area (Å²) in [6.45, 7) is 1.87. The van der Waals surface area contributed by atoms with Crippen LogP contribution in [0.3, 0.4) is 0 Å². The predicted molar refractivity (Wildman–Crippen MR) is 110 cm³/mol. The Balaban J connectivity index is 1.38. The van der Waals surface area contributed by atoms with E-state index < -0.39 is 12.0 Å². The van der Waals surface area contributed by atoms with Gasteiger partial charge >= 0.3 is 0 Å². The molecule has 0 aliphatic carbocycles. The summed E-state index contributed by atoms with van der Waals surface area (Å²) in [7, 11) is 0. The van der Waals surface area contributed by atoms with Crippen LogP contribution in [0.4, 0.5) is 11.4 Å². The first-order valence-electron chi connectivity index (χ1n) is 8.88. The van der Waals surface area contributed by atoms with Crippen LogP contribution in [0.15, 0.2) is 63.5 Å². The lowest BCUT2D eigenvalue weighted by atomic mass is 10.2. The van der Waals surface area contributed by atoms with Crippen LogP contribution in [0, 0.1) is 0 Å². The van der Waals surface area contributed by atoms with E-state index in [1.54, 1.807) is 37.3 Å². The van der Waals surface area contributed by atoms with Crippen LogP contribution in [-0.4, -0.2) is 17.9 Å². The lowest BCUT2D eigenvalue weighted by molar-refractivity contribution is -0.122. The van der Waals surface area contributed by atoms with E-state index in [1.807, 2.05) is 24.3 Å². The molecule has 1 aliphatic heterocycles. The maximum atomic E-state index is 12.5. The van der Waals surface area contributed by atoms with Crippen LogP contribution in [0.2, 0.25) is 0 Å². The number of ether oxygens (including phenoxy) is 2. The highest BCUT2D eigenvalue weighted by Gasteiger charge is 2.24. The molecule has 0 saturated carbocycles. The highest BCUT2D eigenvalue weighted by molar-refractivity contribution is 9.10. The predicted octanol–water partition coefficient (Wildman–Crippen LogP) is 4.59. The second-order valence-electron chi connectivity index (χ2n) is 6.42. The standard InChI is InChI=1S/C21H17BrN2O5/c1-12-20(25)24-17-10-14(4-8-18(17)28-12)23-21(26)19-9-7-16(29-19)11-27-15-5-2-13(22)3-6-15/h2-10,12H,11H2,1H3,(H,23,26)(H,24,25). The Bertz CT molecular complexity index is 1060. The molecule has 0 radical (unpaired) electrons. The second-order valence-corrected chi connectivity index (χ2v) is 7.34. The van der Waals surface area contributed by atoms with Crippen LogP contribution in [-0.2, 0) is 11.4 Å². The molecule has 0 bridgehead atoms. The van der Waals surface area contributed by atoms with Gasteiger partial charge in [-0.1, -0.05) is 15.9 Å². The fourth-order valence-electron chi connectivity index (χ4n) is 2.74. The van der Waals surface area contributed by atoms with E-state index in [9.17, 15) is 9.59 Å². The number of rotatable bonds is 5. The zero-order valence-corrected chi connectivity index (χ0v) is 17.0. The average molecular weight is 457 g/mol. The number of hydrogen-bond acceptors (Lipinski definition) is 5. The van der Waals surface area contributed by atoms with Gasteiger partial charge in [0.2, 0.25) is 0 Å². The molecule has 0 saturated heterocycles. The first-order chi connectivity index (χ1) is 14.0. The molecule has 29 heavy (non-hydrogen) atoms. The number of carbonyl (C=O) groups is 2. The number of hydrogen-bond donors (Lipinski definition) is 2. The fourth-order valence-corrected chi connectivity index (χ4v) is 3.01. The summed E-state index contributed by atoms with van der Waals surface area (Å²) in [6, 6.07) is 15.7. The zero-order valence-electron chi connectivity index (χ0n) is 15.4. The molecular formula is C21H17BrN2O5. The van der Waals surface area contributed by atoms with E-state index in [4.69, 9.17) is 13.9 Å². The van der Waals surface area contributed by atoms with Gasteiger partial charge in [-0.2, -0.15) is 0 Å². The van der Waals surface area contributed by atoms with Gasteiger partial charge in [0.1, 0.15) is 23.9 Å². The molecule has 0 spiro atoms. The normalized spacial score (nSPS) is 15.1. The van der Waals surface area contributed by atoms with Gasteiger partial charge in [0.05, 0.1) is 5.69 Å². The maximum absolute atomic E-state index is 12.5. The SMILES string of the molecule is CC1Oc2ccc(NC(=O)c3ccc(COc4ccc(Br)cc4)o3)cc2NC1=O. The quantitative estimate of drug-likeness (QED) is 0.585. The fraction of sp³-hybridized carbons (Fsp3) is 0.143. The Morgan fingerprint density at radius 3 is 2.76 bits per heavy atom. The summed E-state index contributed by atoms with van der Waals surface area (Å²) in [6.07, 6.45) is -0.552. The van der Waals surface area contributed by atoms with Crippen molar-refractivity contribution in [2.45, 2.75) is 19.6 Å². The summed E-state index contributed by atoms with van der Waals surface area (Å²) >= 11 is 3.37. The van der Waals surface area contributed by atoms with Crippen molar-refractivity contribution in [3.63, 3.8) is 0 Å². The van der Waals surface area contributed by atoms with Gasteiger partial charge in [-0.3, -0.25) is 9.59 Å². The highest BCUT2D eigenvalue weighted by atomic mass is 79.9. The van der Waals surface area contributed by atoms with E-state index in [1.165, 1.54) is 0 Å². The molecular weight excluding hydrogens is 440 g/mol. The summed E-state index contributed by atoms with van der Waals surface area (Å²) in [5, 5.41) is 5.49. The number of benzene rings is 2. The molecule has 2 amide bonds. The van der Waals surface area contributed by atoms with Crippen molar-refractivity contribution in [1.82, 2.24) is 0 Å². The van der Waals surface area contributed by atoms with Gasteiger partial charge in [0, 0.05) is 10.2 Å². The molecule has 2 heterocycles. The van der Waals surface area contributed by atoms with E-state index in [2.05, 4.69) is 26.6 Å². The summed E-state index contributed by atoms with van der Waals surface area (Å²) in [4.78, 5) is 24.2. The van der Waals surface area contributed by atoms with Gasteiger partial charge < -0.3 is 24.5 Å². The average Bonchev–Trinajstić information content (AvgIpc) is 3.18. The molecule has 148 valence electrons. The maximum Gasteiger partial charge on any atom is 0.291 e. The zero-order chi connectivity index (χ0) is 20.4. The molecule has 0 fully saturated rings. The molecule has 2 aromatic carbocycles. The number of furan rings is 1. The van der Waals surface area contributed by atoms with E-state index in [0.717, 1.165) is 4.47 Å². The first kappa shape index (κ1) is 19.1. The highest BCUT2D eigenvalue weighted by Crippen LogP contribution is 2.32. The van der Waals surface area contributed by atoms with Crippen molar-refractivity contribution < 1.29 is 23.5 Å². The summed E-state index contributed by atoms with van der Waals surface area (Å²) in [5.41, 5.74) is 1.02. The van der Waals surface area contributed by atoms with Crippen LogP contribution in [0.5, 0.6) is 11.5 Å². The molecule has 3 aromatic rings. The van der Waals surface area contributed by atoms with Crippen LogP contribution in [0.1, 0.15) is 23.2 Å². The topological polar surface area (TPSA) is 89.8 Å². The third kappa shape index (κ3) is 4.43. The van der Waals surface area contributed by atoms with Gasteiger partial charge in [-0.05, 0) is 61.5 Å². The number of carbonyl (C=O) groups excluding carboxylic acids is 2. The third-order valence-corrected chi connectivity index (χ3v) is 4.78. The van der Waals surface area contributed by atoms with E-state index in [-0.39, 0.29) is 18.3 Å². The Morgan fingerprint density at radius 1 is 1.17 bits per heavy atom. The van der Waals surface area contributed by atoms with Crippen molar-refractivity contribution >= 4 is 39.1 Å². The number of amides is 2. The third-order valence-electron chi connectivity index (χ3n) is 4.25. The number of anilines is 2. The Kier molecular flexibility index (Phi) is 5.26. The number of nitrogens with one attached hydrogen (secondary N) is 2. The first-order valence-corrected chi connectivity index (χ1v) is 9.67. The number of halogens is 1. The summed E-state index contributed by atoms with van der Waals surface area (Å²) in [5.74, 6) is 1.30.